The molecule has 1 atom stereocenters. The molecular weight excluding hydrogens is 193 g/mol. The zero-order chi connectivity index (χ0) is 10.6. The molecule has 14 heavy (non-hydrogen) atoms. The van der Waals surface area contributed by atoms with E-state index in [1.54, 1.807) is 5.32 Å². The Balaban J connectivity index is 2.24. The standard InChI is InChI=1S/C9H17F3N2/c1-2-14-5-3-4-8(7-14)6-13-9(10,11)12/h8,13H,2-7H2,1H3/t8-/m0/s1. The minimum atomic E-state index is -4.23. The molecular formula is C9H17F3N2. The minimum Gasteiger partial charge on any atom is -0.303 e. The van der Waals surface area contributed by atoms with Crippen molar-refractivity contribution in [2.24, 2.45) is 5.92 Å². The van der Waals surface area contributed by atoms with Gasteiger partial charge in [-0.3, -0.25) is 0 Å². The van der Waals surface area contributed by atoms with Gasteiger partial charge < -0.3 is 4.90 Å². The van der Waals surface area contributed by atoms with Crippen molar-refractivity contribution < 1.29 is 13.2 Å². The molecule has 1 saturated heterocycles. The van der Waals surface area contributed by atoms with Crippen LogP contribution in [0.25, 0.3) is 0 Å². The summed E-state index contributed by atoms with van der Waals surface area (Å²) in [7, 11) is 0. The third kappa shape index (κ3) is 4.28. The zero-order valence-corrected chi connectivity index (χ0v) is 8.40. The van der Waals surface area contributed by atoms with Crippen LogP contribution in [-0.2, 0) is 0 Å². The van der Waals surface area contributed by atoms with E-state index in [0.717, 1.165) is 32.5 Å². The van der Waals surface area contributed by atoms with E-state index >= 15 is 0 Å². The summed E-state index contributed by atoms with van der Waals surface area (Å²) in [6.45, 7) is 4.85. The second kappa shape index (κ2) is 4.98. The third-order valence-electron chi connectivity index (χ3n) is 2.64. The van der Waals surface area contributed by atoms with Crippen LogP contribution in [0.1, 0.15) is 19.8 Å². The van der Waals surface area contributed by atoms with Crippen LogP contribution in [0.4, 0.5) is 13.2 Å². The van der Waals surface area contributed by atoms with Gasteiger partial charge in [-0.1, -0.05) is 6.92 Å². The van der Waals surface area contributed by atoms with Crippen LogP contribution < -0.4 is 5.32 Å². The highest BCUT2D eigenvalue weighted by molar-refractivity contribution is 4.74. The number of likely N-dealkylation sites (tertiary alicyclic amines) is 1. The Kier molecular flexibility index (Phi) is 4.19. The first kappa shape index (κ1) is 11.8. The third-order valence-corrected chi connectivity index (χ3v) is 2.64. The normalized spacial score (nSPS) is 25.3. The Morgan fingerprint density at radius 3 is 2.71 bits per heavy atom. The van der Waals surface area contributed by atoms with Gasteiger partial charge in [-0.25, -0.2) is 5.32 Å². The number of hydrogen-bond donors (Lipinski definition) is 1. The first-order chi connectivity index (χ1) is 6.51. The fourth-order valence-corrected chi connectivity index (χ4v) is 1.87. The molecule has 1 fully saturated rings. The number of alkyl halides is 3. The van der Waals surface area contributed by atoms with Crippen LogP contribution in [0.2, 0.25) is 0 Å². The lowest BCUT2D eigenvalue weighted by molar-refractivity contribution is -0.159. The van der Waals surface area contributed by atoms with Gasteiger partial charge >= 0.3 is 6.30 Å². The number of nitrogens with zero attached hydrogens (tertiary/aromatic N) is 1. The first-order valence-electron chi connectivity index (χ1n) is 5.05. The summed E-state index contributed by atoms with van der Waals surface area (Å²) in [5, 5.41) is 1.61. The molecule has 0 radical (unpaired) electrons. The molecule has 0 spiro atoms. The monoisotopic (exact) mass is 210 g/mol. The molecule has 84 valence electrons. The molecule has 0 amide bonds. The van der Waals surface area contributed by atoms with Crippen molar-refractivity contribution in [1.82, 2.24) is 10.2 Å². The van der Waals surface area contributed by atoms with Gasteiger partial charge in [0.2, 0.25) is 0 Å². The number of rotatable bonds is 3. The Labute approximate surface area is 82.5 Å². The van der Waals surface area contributed by atoms with Crippen LogP contribution in [0, 0.1) is 5.92 Å². The summed E-state index contributed by atoms with van der Waals surface area (Å²) in [4.78, 5) is 2.20. The van der Waals surface area contributed by atoms with Gasteiger partial charge in [0.1, 0.15) is 0 Å². The fraction of sp³-hybridized carbons (Fsp3) is 1.00. The van der Waals surface area contributed by atoms with Crippen molar-refractivity contribution in [1.29, 1.82) is 0 Å². The molecule has 0 aromatic carbocycles. The summed E-state index contributed by atoms with van der Waals surface area (Å²) in [5.74, 6) is 0.144. The highest BCUT2D eigenvalue weighted by atomic mass is 19.4. The quantitative estimate of drug-likeness (QED) is 0.715. The fourth-order valence-electron chi connectivity index (χ4n) is 1.87. The van der Waals surface area contributed by atoms with Crippen LogP contribution in [-0.4, -0.2) is 37.4 Å². The largest absolute Gasteiger partial charge is 0.457 e. The maximum absolute atomic E-state index is 11.9. The molecule has 1 aliphatic rings. The zero-order valence-electron chi connectivity index (χ0n) is 8.40. The summed E-state index contributed by atoms with van der Waals surface area (Å²) in [6, 6.07) is 0. The predicted molar refractivity (Wildman–Crippen MR) is 48.9 cm³/mol. The highest BCUT2D eigenvalue weighted by Gasteiger charge is 2.28. The lowest BCUT2D eigenvalue weighted by Gasteiger charge is -2.32. The Morgan fingerprint density at radius 2 is 2.14 bits per heavy atom. The first-order valence-corrected chi connectivity index (χ1v) is 5.05. The molecule has 1 heterocycles. The van der Waals surface area contributed by atoms with Crippen LogP contribution in [0.3, 0.4) is 0 Å². The van der Waals surface area contributed by atoms with Crippen molar-refractivity contribution in [3.63, 3.8) is 0 Å². The van der Waals surface area contributed by atoms with Crippen molar-refractivity contribution in [2.45, 2.75) is 26.1 Å². The molecule has 0 bridgehead atoms. The Morgan fingerprint density at radius 1 is 1.43 bits per heavy atom. The van der Waals surface area contributed by atoms with Crippen molar-refractivity contribution in [3.05, 3.63) is 0 Å². The van der Waals surface area contributed by atoms with Gasteiger partial charge in [-0.2, -0.15) is 13.2 Å². The van der Waals surface area contributed by atoms with E-state index in [-0.39, 0.29) is 12.5 Å². The van der Waals surface area contributed by atoms with Crippen molar-refractivity contribution in [2.75, 3.05) is 26.2 Å². The molecule has 0 saturated carbocycles. The molecule has 1 N–H and O–H groups in total. The number of halogens is 3. The van der Waals surface area contributed by atoms with E-state index in [4.69, 9.17) is 0 Å². The van der Waals surface area contributed by atoms with Gasteiger partial charge in [0.25, 0.3) is 0 Å². The molecule has 5 heteroatoms. The van der Waals surface area contributed by atoms with Crippen LogP contribution >= 0.6 is 0 Å². The molecule has 0 aromatic heterocycles. The van der Waals surface area contributed by atoms with E-state index in [1.165, 1.54) is 0 Å². The summed E-state index contributed by atoms with van der Waals surface area (Å²) in [5.41, 5.74) is 0. The second-order valence-electron chi connectivity index (χ2n) is 3.78. The topological polar surface area (TPSA) is 15.3 Å². The molecule has 2 nitrogen and oxygen atoms in total. The van der Waals surface area contributed by atoms with E-state index in [1.807, 2.05) is 6.92 Å². The predicted octanol–water partition coefficient (Wildman–Crippen LogP) is 1.83. The van der Waals surface area contributed by atoms with E-state index in [0.29, 0.717) is 0 Å². The number of piperidine rings is 1. The van der Waals surface area contributed by atoms with Gasteiger partial charge in [0, 0.05) is 13.1 Å². The molecule has 1 aliphatic heterocycles. The average molecular weight is 210 g/mol. The number of hydrogen-bond acceptors (Lipinski definition) is 2. The molecule has 0 unspecified atom stereocenters. The summed E-state index contributed by atoms with van der Waals surface area (Å²) in [6.07, 6.45) is -2.31. The molecule has 1 rings (SSSR count). The lowest BCUT2D eigenvalue weighted by Crippen LogP contribution is -2.43. The van der Waals surface area contributed by atoms with Crippen LogP contribution in [0.15, 0.2) is 0 Å². The average Bonchev–Trinajstić information content (AvgIpc) is 2.14. The molecule has 0 aromatic rings. The van der Waals surface area contributed by atoms with Gasteiger partial charge in [-0.15, -0.1) is 0 Å². The Hall–Kier alpha value is -0.290. The maximum atomic E-state index is 11.9. The SMILES string of the molecule is CCN1CCC[C@@H](CNC(F)(F)F)C1. The highest BCUT2D eigenvalue weighted by Crippen LogP contribution is 2.17. The van der Waals surface area contributed by atoms with Crippen molar-refractivity contribution >= 4 is 0 Å². The lowest BCUT2D eigenvalue weighted by atomic mass is 9.98. The Bertz CT molecular complexity index is 170. The summed E-state index contributed by atoms with van der Waals surface area (Å²) >= 11 is 0. The van der Waals surface area contributed by atoms with Crippen molar-refractivity contribution in [3.8, 4) is 0 Å². The van der Waals surface area contributed by atoms with E-state index in [9.17, 15) is 13.2 Å². The van der Waals surface area contributed by atoms with Gasteiger partial charge in [0.05, 0.1) is 0 Å². The van der Waals surface area contributed by atoms with Crippen LogP contribution in [0.5, 0.6) is 0 Å². The minimum absolute atomic E-state index is 0.0556. The second-order valence-corrected chi connectivity index (χ2v) is 3.78. The maximum Gasteiger partial charge on any atom is 0.457 e. The van der Waals surface area contributed by atoms with E-state index < -0.39 is 6.30 Å². The molecule has 0 aliphatic carbocycles. The van der Waals surface area contributed by atoms with Gasteiger partial charge in [-0.05, 0) is 31.8 Å². The smallest absolute Gasteiger partial charge is 0.303 e. The summed E-state index contributed by atoms with van der Waals surface area (Å²) < 4.78 is 35.6. The number of nitrogens with one attached hydrogen (secondary N) is 1. The van der Waals surface area contributed by atoms with E-state index in [2.05, 4.69) is 4.90 Å². The van der Waals surface area contributed by atoms with Gasteiger partial charge in [0.15, 0.2) is 0 Å².